The molecule has 0 heterocycles. The molecule has 0 aliphatic rings. The normalized spacial score (nSPS) is 13.6. The number of allylic oxidation sites excluding steroid dienone is 2. The summed E-state index contributed by atoms with van der Waals surface area (Å²) in [5.74, 6) is -2.44. The first-order valence-electron chi connectivity index (χ1n) is 2.99. The van der Waals surface area contributed by atoms with Crippen LogP contribution in [0.25, 0.3) is 0 Å². The van der Waals surface area contributed by atoms with E-state index in [9.17, 15) is 8.78 Å². The molecule has 9 heavy (non-hydrogen) atoms. The summed E-state index contributed by atoms with van der Waals surface area (Å²) in [5, 5.41) is 0. The zero-order valence-electron chi connectivity index (χ0n) is 5.99. The fourth-order valence-corrected chi connectivity index (χ4v) is 0.361. The summed E-state index contributed by atoms with van der Waals surface area (Å²) < 4.78 is 24.0. The zero-order valence-corrected chi connectivity index (χ0v) is 5.99. The minimum atomic E-state index is -2.65. The average molecular weight is 134 g/mol. The minimum Gasteiger partial charge on any atom is -0.202 e. The molecular weight excluding hydrogens is 122 g/mol. The molecule has 0 amide bonds. The van der Waals surface area contributed by atoms with Gasteiger partial charge in [-0.2, -0.15) is 0 Å². The Morgan fingerprint density at radius 2 is 1.78 bits per heavy atom. The molecule has 0 saturated carbocycles. The Bertz CT molecular complexity index is 98.0. The molecule has 0 aromatic carbocycles. The third-order valence-electron chi connectivity index (χ3n) is 0.774. The van der Waals surface area contributed by atoms with Crippen LogP contribution in [-0.2, 0) is 0 Å². The second-order valence-corrected chi connectivity index (χ2v) is 2.56. The van der Waals surface area contributed by atoms with Crippen molar-refractivity contribution in [2.45, 2.75) is 26.7 Å². The summed E-state index contributed by atoms with van der Waals surface area (Å²) in [7, 11) is 0. The third kappa shape index (κ3) is 7.60. The van der Waals surface area contributed by atoms with Crippen molar-refractivity contribution in [3.8, 4) is 0 Å². The van der Waals surface area contributed by atoms with Gasteiger partial charge in [0.15, 0.2) is 0 Å². The van der Waals surface area contributed by atoms with Crippen molar-refractivity contribution in [3.63, 3.8) is 0 Å². The molecule has 0 spiro atoms. The largest absolute Gasteiger partial charge is 0.263 e. The standard InChI is InChI=1S/C7H12F2/c1-6(2)4-5-7(3,8)9/h4-6H,1-3H3/b5-4-. The molecular formula is C7H12F2. The molecule has 0 atom stereocenters. The van der Waals surface area contributed by atoms with Crippen LogP contribution in [0.3, 0.4) is 0 Å². The maximum atomic E-state index is 12.0. The van der Waals surface area contributed by atoms with E-state index < -0.39 is 5.92 Å². The van der Waals surface area contributed by atoms with Crippen LogP contribution in [0.4, 0.5) is 8.78 Å². The molecule has 0 aliphatic heterocycles. The van der Waals surface area contributed by atoms with Gasteiger partial charge in [0.1, 0.15) is 0 Å². The monoisotopic (exact) mass is 134 g/mol. The van der Waals surface area contributed by atoms with Crippen LogP contribution in [0.1, 0.15) is 20.8 Å². The highest BCUT2D eigenvalue weighted by molar-refractivity contribution is 4.93. The van der Waals surface area contributed by atoms with E-state index in [0.717, 1.165) is 13.0 Å². The number of rotatable bonds is 2. The first-order valence-corrected chi connectivity index (χ1v) is 2.99. The number of hydrogen-bond acceptors (Lipinski definition) is 0. The summed E-state index contributed by atoms with van der Waals surface area (Å²) in [4.78, 5) is 0. The Morgan fingerprint density at radius 1 is 1.33 bits per heavy atom. The predicted octanol–water partition coefficient (Wildman–Crippen LogP) is 2.85. The Hall–Kier alpha value is -0.400. The lowest BCUT2D eigenvalue weighted by Gasteiger charge is -2.02. The number of halogens is 2. The van der Waals surface area contributed by atoms with E-state index in [1.807, 2.05) is 13.8 Å². The van der Waals surface area contributed by atoms with Gasteiger partial charge < -0.3 is 0 Å². The van der Waals surface area contributed by atoms with Gasteiger partial charge in [0, 0.05) is 6.92 Å². The van der Waals surface area contributed by atoms with Gasteiger partial charge >= 0.3 is 0 Å². The summed E-state index contributed by atoms with van der Waals surface area (Å²) in [6.07, 6.45) is 2.43. The van der Waals surface area contributed by atoms with E-state index in [1.54, 1.807) is 0 Å². The van der Waals surface area contributed by atoms with E-state index in [1.165, 1.54) is 6.08 Å². The van der Waals surface area contributed by atoms with Gasteiger partial charge in [-0.25, -0.2) is 8.78 Å². The topological polar surface area (TPSA) is 0 Å². The van der Waals surface area contributed by atoms with Crippen LogP contribution in [0.2, 0.25) is 0 Å². The molecule has 54 valence electrons. The van der Waals surface area contributed by atoms with E-state index in [2.05, 4.69) is 0 Å². The fraction of sp³-hybridized carbons (Fsp3) is 0.714. The molecule has 0 aliphatic carbocycles. The Morgan fingerprint density at radius 3 is 1.89 bits per heavy atom. The van der Waals surface area contributed by atoms with Crippen molar-refractivity contribution in [2.75, 3.05) is 0 Å². The van der Waals surface area contributed by atoms with Gasteiger partial charge in [-0.05, 0) is 12.0 Å². The zero-order chi connectivity index (χ0) is 7.49. The molecule has 0 bridgehead atoms. The Labute approximate surface area is 54.6 Å². The van der Waals surface area contributed by atoms with Crippen LogP contribution in [0.5, 0.6) is 0 Å². The maximum absolute atomic E-state index is 12.0. The van der Waals surface area contributed by atoms with Gasteiger partial charge in [0.2, 0.25) is 0 Å². The minimum absolute atomic E-state index is 0.204. The van der Waals surface area contributed by atoms with Crippen LogP contribution in [0.15, 0.2) is 12.2 Å². The van der Waals surface area contributed by atoms with Crippen molar-refractivity contribution in [1.82, 2.24) is 0 Å². The molecule has 0 saturated heterocycles. The predicted molar refractivity (Wildman–Crippen MR) is 34.6 cm³/mol. The summed E-state index contributed by atoms with van der Waals surface area (Å²) in [6, 6.07) is 0. The molecule has 0 aromatic rings. The van der Waals surface area contributed by atoms with Gasteiger partial charge in [-0.3, -0.25) is 0 Å². The summed E-state index contributed by atoms with van der Waals surface area (Å²) in [6.45, 7) is 4.61. The molecule has 2 heteroatoms. The lowest BCUT2D eigenvalue weighted by molar-refractivity contribution is 0.0769. The van der Waals surface area contributed by atoms with Crippen molar-refractivity contribution in [1.29, 1.82) is 0 Å². The first-order chi connectivity index (χ1) is 3.92. The van der Waals surface area contributed by atoms with Gasteiger partial charge in [0.05, 0.1) is 0 Å². The molecule has 0 fully saturated rings. The first kappa shape index (κ1) is 8.60. The molecule has 0 unspecified atom stereocenters. The smallest absolute Gasteiger partial charge is 0.202 e. The van der Waals surface area contributed by atoms with Crippen molar-refractivity contribution < 1.29 is 8.78 Å². The Kier molecular flexibility index (Phi) is 2.82. The lowest BCUT2D eigenvalue weighted by Crippen LogP contribution is -2.03. The SMILES string of the molecule is CC(C)/C=C\C(C)(F)F. The lowest BCUT2D eigenvalue weighted by atomic mass is 10.2. The van der Waals surface area contributed by atoms with Crippen molar-refractivity contribution in [3.05, 3.63) is 12.2 Å². The van der Waals surface area contributed by atoms with Crippen LogP contribution < -0.4 is 0 Å². The third-order valence-corrected chi connectivity index (χ3v) is 0.774. The molecule has 0 N–H and O–H groups in total. The van der Waals surface area contributed by atoms with E-state index in [0.29, 0.717) is 0 Å². The highest BCUT2D eigenvalue weighted by Gasteiger charge is 2.14. The number of alkyl halides is 2. The van der Waals surface area contributed by atoms with E-state index in [4.69, 9.17) is 0 Å². The maximum Gasteiger partial charge on any atom is 0.263 e. The quantitative estimate of drug-likeness (QED) is 0.509. The molecule has 0 rings (SSSR count). The van der Waals surface area contributed by atoms with Crippen molar-refractivity contribution >= 4 is 0 Å². The average Bonchev–Trinajstić information content (AvgIpc) is 1.59. The van der Waals surface area contributed by atoms with Gasteiger partial charge in [-0.15, -0.1) is 0 Å². The van der Waals surface area contributed by atoms with Crippen LogP contribution >= 0.6 is 0 Å². The molecule has 0 nitrogen and oxygen atoms in total. The van der Waals surface area contributed by atoms with Crippen LogP contribution in [-0.4, -0.2) is 5.92 Å². The summed E-state index contributed by atoms with van der Waals surface area (Å²) in [5.41, 5.74) is 0. The second kappa shape index (κ2) is 2.95. The second-order valence-electron chi connectivity index (χ2n) is 2.56. The highest BCUT2D eigenvalue weighted by Crippen LogP contribution is 2.13. The number of hydrogen-bond donors (Lipinski definition) is 0. The fourth-order valence-electron chi connectivity index (χ4n) is 0.361. The van der Waals surface area contributed by atoms with Crippen LogP contribution in [0, 0.1) is 5.92 Å². The van der Waals surface area contributed by atoms with E-state index >= 15 is 0 Å². The molecule has 0 radical (unpaired) electrons. The highest BCUT2D eigenvalue weighted by atomic mass is 19.3. The van der Waals surface area contributed by atoms with Crippen molar-refractivity contribution in [2.24, 2.45) is 5.92 Å². The molecule has 0 aromatic heterocycles. The van der Waals surface area contributed by atoms with Gasteiger partial charge in [0.25, 0.3) is 5.92 Å². The van der Waals surface area contributed by atoms with Gasteiger partial charge in [-0.1, -0.05) is 19.9 Å². The Balaban J connectivity index is 3.71. The summed E-state index contributed by atoms with van der Waals surface area (Å²) >= 11 is 0. The van der Waals surface area contributed by atoms with E-state index in [-0.39, 0.29) is 5.92 Å².